The topological polar surface area (TPSA) is 132 Å². The van der Waals surface area contributed by atoms with Crippen LogP contribution in [-0.2, 0) is 23.2 Å². The third-order valence-electron chi connectivity index (χ3n) is 0.762. The molecular weight excluding hydrogens is 248 g/mol. The minimum atomic E-state index is -7.34. The minimum Gasteiger partial charge on any atom is 1.00 e. The Morgan fingerprint density at radius 3 is 1.81 bits per heavy atom. The Bertz CT molecular complexity index is 369. The third-order valence-corrected chi connectivity index (χ3v) is 1.95. The first-order valence-corrected chi connectivity index (χ1v) is 4.58. The van der Waals surface area contributed by atoms with Crippen LogP contribution in [0.4, 0.5) is 8.39 Å². The van der Waals surface area contributed by atoms with Crippen LogP contribution >= 0.6 is 7.91 Å². The summed E-state index contributed by atoms with van der Waals surface area (Å²) in [4.78, 5) is 20.0. The first-order valence-electron chi connectivity index (χ1n) is 2.81. The molecular formula is C4F2LiN2O6P. The quantitative estimate of drug-likeness (QED) is 0.216. The van der Waals surface area contributed by atoms with E-state index in [1.807, 2.05) is 0 Å². The fraction of sp³-hybridized carbons (Fsp3) is 0. The van der Waals surface area contributed by atoms with Gasteiger partial charge in [0.1, 0.15) is 0 Å². The maximum atomic E-state index is 12.9. The molecule has 0 aromatic rings. The summed E-state index contributed by atoms with van der Waals surface area (Å²) >= 11 is 0. The van der Waals surface area contributed by atoms with Gasteiger partial charge in [0.05, 0.1) is 0 Å². The summed E-state index contributed by atoms with van der Waals surface area (Å²) in [6.45, 7) is 0. The van der Waals surface area contributed by atoms with Gasteiger partial charge in [0.15, 0.2) is 0 Å². The van der Waals surface area contributed by atoms with Crippen molar-refractivity contribution in [1.82, 2.24) is 0 Å². The molecule has 0 radical (unpaired) electrons. The van der Waals surface area contributed by atoms with E-state index in [-0.39, 0.29) is 18.9 Å². The van der Waals surface area contributed by atoms with Gasteiger partial charge in [-0.2, -0.15) is 0 Å². The number of hydrogen-bond acceptors (Lipinski definition) is 8. The van der Waals surface area contributed by atoms with Crippen molar-refractivity contribution < 1.29 is 55.5 Å². The SMILES string of the molecule is N#COP(F)(F)(OC#N)OC(=O)C(=O)[O-].[Li+]. The van der Waals surface area contributed by atoms with Gasteiger partial charge >= 0.3 is 98.4 Å². The molecule has 82 valence electrons. The fourth-order valence-corrected chi connectivity index (χ4v) is 1.06. The summed E-state index contributed by atoms with van der Waals surface area (Å²) in [7, 11) is -7.34. The van der Waals surface area contributed by atoms with Crippen LogP contribution in [0.5, 0.6) is 0 Å². The van der Waals surface area contributed by atoms with Crippen LogP contribution in [0.2, 0.25) is 0 Å². The van der Waals surface area contributed by atoms with Crippen molar-refractivity contribution in [2.75, 3.05) is 0 Å². The van der Waals surface area contributed by atoms with Crippen LogP contribution in [-0.4, -0.2) is 11.9 Å². The summed E-state index contributed by atoms with van der Waals surface area (Å²) in [5.41, 5.74) is 0. The zero-order chi connectivity index (χ0) is 12.1. The van der Waals surface area contributed by atoms with Crippen LogP contribution < -0.4 is 24.0 Å². The van der Waals surface area contributed by atoms with E-state index in [2.05, 4.69) is 13.6 Å². The van der Waals surface area contributed by atoms with Crippen molar-refractivity contribution in [3.05, 3.63) is 0 Å². The van der Waals surface area contributed by atoms with Crippen molar-refractivity contribution in [1.29, 1.82) is 10.5 Å². The normalized spacial score (nSPS) is 11.4. The van der Waals surface area contributed by atoms with Crippen molar-refractivity contribution in [3.63, 3.8) is 0 Å². The van der Waals surface area contributed by atoms with E-state index in [9.17, 15) is 23.1 Å². The van der Waals surface area contributed by atoms with Crippen molar-refractivity contribution >= 4 is 19.8 Å². The van der Waals surface area contributed by atoms with Gasteiger partial charge in [0.2, 0.25) is 0 Å². The number of nitriles is 2. The van der Waals surface area contributed by atoms with Crippen molar-refractivity contribution in [2.45, 2.75) is 0 Å². The van der Waals surface area contributed by atoms with Crippen LogP contribution in [0.3, 0.4) is 0 Å². The summed E-state index contributed by atoms with van der Waals surface area (Å²) in [6.07, 6.45) is 0.839. The predicted molar refractivity (Wildman–Crippen MR) is 33.6 cm³/mol. The van der Waals surface area contributed by atoms with Crippen molar-refractivity contribution in [2.24, 2.45) is 0 Å². The molecule has 0 N–H and O–H groups in total. The number of carbonyl (C=O) groups excluding carboxylic acids is 2. The van der Waals surface area contributed by atoms with Gasteiger partial charge in [-0.15, -0.1) is 0 Å². The average Bonchev–Trinajstić information content (AvgIpc) is 2.02. The number of halogens is 2. The number of nitrogens with zero attached hydrogens (tertiary/aromatic N) is 2. The van der Waals surface area contributed by atoms with Gasteiger partial charge in [-0.05, 0) is 0 Å². The number of aliphatic carboxylic acids is 1. The molecule has 0 aromatic heterocycles. The number of carboxylic acid groups (broad SMARTS) is 1. The molecule has 12 heteroatoms. The molecule has 16 heavy (non-hydrogen) atoms. The van der Waals surface area contributed by atoms with E-state index in [0.717, 1.165) is 0 Å². The Labute approximate surface area is 98.9 Å². The monoisotopic (exact) mass is 248 g/mol. The van der Waals surface area contributed by atoms with E-state index in [1.54, 1.807) is 0 Å². The Hall–Kier alpha value is -1.59. The zero-order valence-electron chi connectivity index (χ0n) is 7.55. The molecule has 0 spiro atoms. The molecule has 0 bridgehead atoms. The second kappa shape index (κ2) is 5.48. The van der Waals surface area contributed by atoms with Crippen LogP contribution in [0.15, 0.2) is 0 Å². The smallest absolute Gasteiger partial charge is 1.00 e. The number of hydrogen-bond donors (Lipinski definition) is 0. The van der Waals surface area contributed by atoms with E-state index in [1.165, 1.54) is 0 Å². The molecule has 0 unspecified atom stereocenters. The second-order valence-electron chi connectivity index (χ2n) is 1.73. The Morgan fingerprint density at radius 1 is 1.19 bits per heavy atom. The predicted octanol–water partition coefficient (Wildman–Crippen LogP) is -3.65. The van der Waals surface area contributed by atoms with Crippen LogP contribution in [0, 0.1) is 23.0 Å². The molecule has 0 saturated heterocycles. The van der Waals surface area contributed by atoms with Gasteiger partial charge in [-0.3, -0.25) is 0 Å². The Balaban J connectivity index is 0. The largest absolute Gasteiger partial charge is 1.00 e. The molecule has 0 aliphatic heterocycles. The molecule has 0 saturated carbocycles. The summed E-state index contributed by atoms with van der Waals surface area (Å²) in [5.74, 6) is -5.13. The van der Waals surface area contributed by atoms with Crippen LogP contribution in [0.1, 0.15) is 0 Å². The first-order chi connectivity index (χ1) is 6.73. The molecule has 0 aliphatic rings. The van der Waals surface area contributed by atoms with Gasteiger partial charge in [0.25, 0.3) is 0 Å². The van der Waals surface area contributed by atoms with E-state index in [0.29, 0.717) is 12.5 Å². The number of rotatable bonds is 3. The van der Waals surface area contributed by atoms with E-state index < -0.39 is 19.8 Å². The van der Waals surface area contributed by atoms with Gasteiger partial charge < -0.3 is 0 Å². The molecule has 0 amide bonds. The Morgan fingerprint density at radius 2 is 1.56 bits per heavy atom. The van der Waals surface area contributed by atoms with Gasteiger partial charge in [0, 0.05) is 0 Å². The molecule has 0 aliphatic carbocycles. The summed E-state index contributed by atoms with van der Waals surface area (Å²) < 4.78 is 34.8. The van der Waals surface area contributed by atoms with E-state index >= 15 is 0 Å². The van der Waals surface area contributed by atoms with Crippen LogP contribution in [0.25, 0.3) is 0 Å². The van der Waals surface area contributed by atoms with Gasteiger partial charge in [-0.25, -0.2) is 0 Å². The maximum absolute atomic E-state index is 12.9. The average molecular weight is 248 g/mol. The molecule has 0 heterocycles. The summed E-state index contributed by atoms with van der Waals surface area (Å²) in [5, 5.41) is 25.3. The number of carboxylic acids is 1. The second-order valence-corrected chi connectivity index (χ2v) is 3.68. The minimum absolute atomic E-state index is 0. The number of carbonyl (C=O) groups is 2. The zero-order valence-corrected chi connectivity index (χ0v) is 8.44. The summed E-state index contributed by atoms with van der Waals surface area (Å²) in [6, 6.07) is 0. The van der Waals surface area contributed by atoms with E-state index in [4.69, 9.17) is 10.5 Å². The molecule has 0 fully saturated rings. The Kier molecular flexibility index (Phi) is 5.76. The molecule has 0 aromatic carbocycles. The van der Waals surface area contributed by atoms with Gasteiger partial charge in [-0.1, -0.05) is 0 Å². The third kappa shape index (κ3) is 4.77. The first kappa shape index (κ1) is 16.8. The molecule has 0 rings (SSSR count). The maximum Gasteiger partial charge on any atom is 1.00 e. The standard InChI is InChI=1S/C4HF2N2O6P.Li/c5-15(6,12-1-7,13-2-8)14-4(11)3(9)10;/h(H,9,10);/q;+1/p-1. The molecule has 8 nitrogen and oxygen atoms in total. The van der Waals surface area contributed by atoms with Crippen molar-refractivity contribution in [3.8, 4) is 12.5 Å². The fourth-order valence-electron chi connectivity index (χ4n) is 0.352. The molecule has 0 atom stereocenters.